The minimum Gasteiger partial charge on any atom is -0.477 e. The molecule has 1 aromatic heterocycles. The van der Waals surface area contributed by atoms with Crippen molar-refractivity contribution in [1.82, 2.24) is 14.9 Å². The Morgan fingerprint density at radius 2 is 1.90 bits per heavy atom. The van der Waals surface area contributed by atoms with Crippen molar-refractivity contribution in [2.75, 3.05) is 14.1 Å². The summed E-state index contributed by atoms with van der Waals surface area (Å²) in [6.07, 6.45) is 0. The Morgan fingerprint density at radius 1 is 1.35 bits per heavy atom. The number of rotatable bonds is 1. The Hall–Kier alpha value is -3.11. The summed E-state index contributed by atoms with van der Waals surface area (Å²) in [6, 6.07) is 0.795. The van der Waals surface area contributed by atoms with Gasteiger partial charge in [-0.05, 0) is 0 Å². The molecule has 0 aromatic carbocycles. The van der Waals surface area contributed by atoms with Crippen LogP contribution in [0.15, 0.2) is 20.6 Å². The molecule has 0 saturated carbocycles. The van der Waals surface area contributed by atoms with Crippen LogP contribution in [0.1, 0.15) is 10.5 Å². The minimum absolute atomic E-state index is 0.0509. The monoisotopic (exact) mass is 285 g/mol. The average molecular weight is 285 g/mol. The van der Waals surface area contributed by atoms with E-state index in [1.54, 1.807) is 14.1 Å². The third-order valence-corrected chi connectivity index (χ3v) is 1.65. The van der Waals surface area contributed by atoms with E-state index in [0.29, 0.717) is 0 Å². The Morgan fingerprint density at radius 3 is 2.20 bits per heavy atom. The predicted molar refractivity (Wildman–Crippen MR) is 71.9 cm³/mol. The third kappa shape index (κ3) is 6.58. The van der Waals surface area contributed by atoms with Crippen LogP contribution in [0.3, 0.4) is 0 Å². The highest BCUT2D eigenvalue weighted by molar-refractivity contribution is 5.91. The van der Waals surface area contributed by atoms with Gasteiger partial charge in [-0.3, -0.25) is 15.2 Å². The highest BCUT2D eigenvalue weighted by atomic mass is 16.4. The van der Waals surface area contributed by atoms with Crippen LogP contribution < -0.4 is 22.7 Å². The fourth-order valence-corrected chi connectivity index (χ4v) is 0.806. The van der Waals surface area contributed by atoms with Gasteiger partial charge in [-0.25, -0.2) is 9.59 Å². The number of nitrogens with zero attached hydrogens (tertiary/aromatic N) is 2. The second-order valence-electron chi connectivity index (χ2n) is 3.56. The lowest BCUT2D eigenvalue weighted by Crippen LogP contribution is -2.28. The molecule has 0 aliphatic rings. The van der Waals surface area contributed by atoms with Crippen LogP contribution >= 0.6 is 0 Å². The number of hydrogen-bond acceptors (Lipinski definition) is 4. The number of guanidine groups is 2. The van der Waals surface area contributed by atoms with E-state index in [2.05, 4.69) is 4.99 Å². The van der Waals surface area contributed by atoms with Gasteiger partial charge in [-0.15, -0.1) is 0 Å². The van der Waals surface area contributed by atoms with Crippen LogP contribution in [-0.4, -0.2) is 52.0 Å². The van der Waals surface area contributed by atoms with Gasteiger partial charge in [0.05, 0.1) is 0 Å². The molecule has 0 bridgehead atoms. The summed E-state index contributed by atoms with van der Waals surface area (Å²) < 4.78 is 0. The Labute approximate surface area is 112 Å². The molecule has 8 N–H and O–H groups in total. The van der Waals surface area contributed by atoms with E-state index in [9.17, 15) is 14.4 Å². The molecule has 1 rings (SSSR count). The number of hydrogen-bond donors (Lipinski definition) is 6. The van der Waals surface area contributed by atoms with Gasteiger partial charge >= 0.3 is 11.7 Å². The van der Waals surface area contributed by atoms with Crippen molar-refractivity contribution in [3.05, 3.63) is 32.6 Å². The molecule has 20 heavy (non-hydrogen) atoms. The van der Waals surface area contributed by atoms with Gasteiger partial charge in [0.1, 0.15) is 5.69 Å². The third-order valence-electron chi connectivity index (χ3n) is 1.65. The number of nitrogens with two attached hydrogens (primary N) is 2. The Bertz CT molecular complexity index is 595. The first-order valence-corrected chi connectivity index (χ1v) is 5.06. The first-order valence-electron chi connectivity index (χ1n) is 5.06. The molecule has 0 amide bonds. The van der Waals surface area contributed by atoms with Crippen molar-refractivity contribution in [3.63, 3.8) is 0 Å². The number of carboxylic acids is 1. The summed E-state index contributed by atoms with van der Waals surface area (Å²) in [4.78, 5) is 39.8. The SMILES string of the molecule is CN(C)C(=N)N=C(N)N.O=C(O)c1cc(=O)[nH]c(=O)[nH]1. The number of carbonyl (C=O) groups is 1. The number of aromatic nitrogens is 2. The lowest BCUT2D eigenvalue weighted by Gasteiger charge is -2.07. The van der Waals surface area contributed by atoms with Crippen molar-refractivity contribution in [2.24, 2.45) is 16.5 Å². The summed E-state index contributed by atoms with van der Waals surface area (Å²) in [5.74, 6) is -1.38. The molecule has 11 nitrogen and oxygen atoms in total. The largest absolute Gasteiger partial charge is 0.477 e. The van der Waals surface area contributed by atoms with Crippen LogP contribution in [-0.2, 0) is 0 Å². The van der Waals surface area contributed by atoms with Crippen molar-refractivity contribution < 1.29 is 9.90 Å². The molecule has 0 atom stereocenters. The molecule has 0 aliphatic heterocycles. The molecular formula is C9H15N7O4. The van der Waals surface area contributed by atoms with Crippen molar-refractivity contribution in [3.8, 4) is 0 Å². The predicted octanol–water partition coefficient (Wildman–Crippen LogP) is -2.48. The molecule has 110 valence electrons. The summed E-state index contributed by atoms with van der Waals surface area (Å²) in [5, 5.41) is 15.4. The number of H-pyrrole nitrogens is 2. The summed E-state index contributed by atoms with van der Waals surface area (Å²) in [6.45, 7) is 0. The van der Waals surface area contributed by atoms with Crippen molar-refractivity contribution in [1.29, 1.82) is 5.41 Å². The number of carboxylic acid groups (broad SMARTS) is 1. The van der Waals surface area contributed by atoms with Gasteiger partial charge in [-0.2, -0.15) is 4.99 Å². The fraction of sp³-hybridized carbons (Fsp3) is 0.222. The zero-order valence-electron chi connectivity index (χ0n) is 10.8. The quantitative estimate of drug-likeness (QED) is 0.242. The smallest absolute Gasteiger partial charge is 0.352 e. The molecule has 0 saturated heterocycles. The molecular weight excluding hydrogens is 270 g/mol. The first kappa shape index (κ1) is 16.9. The van der Waals surface area contributed by atoms with Crippen LogP contribution in [0.4, 0.5) is 0 Å². The molecule has 0 aliphatic carbocycles. The van der Waals surface area contributed by atoms with E-state index in [4.69, 9.17) is 22.0 Å². The number of nitrogens with one attached hydrogen (secondary N) is 3. The van der Waals surface area contributed by atoms with Crippen molar-refractivity contribution >= 4 is 17.9 Å². The van der Waals surface area contributed by atoms with Gasteiger partial charge in [-0.1, -0.05) is 0 Å². The molecule has 11 heteroatoms. The van der Waals surface area contributed by atoms with E-state index in [-0.39, 0.29) is 11.9 Å². The molecule has 0 radical (unpaired) electrons. The zero-order chi connectivity index (χ0) is 15.9. The lowest BCUT2D eigenvalue weighted by molar-refractivity contribution is 0.0689. The summed E-state index contributed by atoms with van der Waals surface area (Å²) in [5.41, 5.74) is 8.01. The van der Waals surface area contributed by atoms with Crippen LogP contribution in [0.25, 0.3) is 0 Å². The first-order chi connectivity index (χ1) is 9.13. The van der Waals surface area contributed by atoms with Gasteiger partial charge in [0.15, 0.2) is 5.96 Å². The van der Waals surface area contributed by atoms with Gasteiger partial charge in [0.2, 0.25) is 5.96 Å². The second kappa shape index (κ2) is 7.35. The Kier molecular flexibility index (Phi) is 6.21. The molecule has 0 spiro atoms. The normalized spacial score (nSPS) is 8.90. The van der Waals surface area contributed by atoms with E-state index in [1.165, 1.54) is 4.90 Å². The molecule has 1 aromatic rings. The molecule has 1 heterocycles. The van der Waals surface area contributed by atoms with E-state index in [1.807, 2.05) is 9.97 Å². The summed E-state index contributed by atoms with van der Waals surface area (Å²) in [7, 11) is 3.38. The standard InChI is InChI=1S/C5H4N2O4.C4H11N5/c8-3-1-2(4(9)10)6-5(11)7-3;1-9(2)4(7)8-3(5)6/h1H,(H,9,10)(H2,6,7,8,11);1-2H3,(H5,5,6,7,8). The van der Waals surface area contributed by atoms with E-state index >= 15 is 0 Å². The van der Waals surface area contributed by atoms with Crippen LogP contribution in [0.2, 0.25) is 0 Å². The molecule has 0 unspecified atom stereocenters. The van der Waals surface area contributed by atoms with Gasteiger partial charge in [0.25, 0.3) is 5.56 Å². The van der Waals surface area contributed by atoms with Gasteiger partial charge < -0.3 is 26.5 Å². The Balaban J connectivity index is 0.000000370. The van der Waals surface area contributed by atoms with Crippen LogP contribution in [0, 0.1) is 5.41 Å². The second-order valence-corrected chi connectivity index (χ2v) is 3.56. The maximum absolute atomic E-state index is 10.5. The average Bonchev–Trinajstić information content (AvgIpc) is 2.27. The van der Waals surface area contributed by atoms with Gasteiger partial charge in [0, 0.05) is 20.2 Å². The maximum atomic E-state index is 10.5. The van der Waals surface area contributed by atoms with Crippen molar-refractivity contribution in [2.45, 2.75) is 0 Å². The summed E-state index contributed by atoms with van der Waals surface area (Å²) >= 11 is 0. The lowest BCUT2D eigenvalue weighted by atomic mass is 10.4. The highest BCUT2D eigenvalue weighted by Crippen LogP contribution is 1.81. The number of aromatic carboxylic acids is 1. The fourth-order valence-electron chi connectivity index (χ4n) is 0.806. The zero-order valence-corrected chi connectivity index (χ0v) is 10.8. The number of aromatic amines is 2. The van der Waals surface area contributed by atoms with Crippen LogP contribution in [0.5, 0.6) is 0 Å². The van der Waals surface area contributed by atoms with E-state index in [0.717, 1.165) is 6.07 Å². The number of aliphatic imine (C=N–C) groups is 1. The topological polar surface area (TPSA) is 195 Å². The molecule has 0 fully saturated rings. The van der Waals surface area contributed by atoms with E-state index < -0.39 is 22.9 Å². The maximum Gasteiger partial charge on any atom is 0.352 e. The minimum atomic E-state index is -1.34. The highest BCUT2D eigenvalue weighted by Gasteiger charge is 2.03.